The Morgan fingerprint density at radius 3 is 2.92 bits per heavy atom. The van der Waals surface area contributed by atoms with Crippen molar-refractivity contribution in [3.8, 4) is 5.75 Å². The van der Waals surface area contributed by atoms with Gasteiger partial charge in [-0.15, -0.1) is 0 Å². The molecule has 124 valence electrons. The molecule has 2 heterocycles. The highest BCUT2D eigenvalue weighted by atomic mass is 32.2. The molecule has 2 aromatic rings. The Kier molecular flexibility index (Phi) is 4.40. The highest BCUT2D eigenvalue weighted by Crippen LogP contribution is 2.38. The third-order valence-electron chi connectivity index (χ3n) is 3.90. The first-order chi connectivity index (χ1) is 11.8. The molecular weight excluding hydrogens is 327 g/mol. The molecule has 0 unspecified atom stereocenters. The summed E-state index contributed by atoms with van der Waals surface area (Å²) in [5.74, 6) is 1.06. The monoisotopic (exact) mass is 344 g/mol. The summed E-state index contributed by atoms with van der Waals surface area (Å²) in [7, 11) is 0. The first-order valence-electron chi connectivity index (χ1n) is 7.85. The molecule has 0 saturated heterocycles. The smallest absolute Gasteiger partial charge is 0.227 e. The van der Waals surface area contributed by atoms with Crippen LogP contribution in [0, 0.1) is 5.82 Å². The average Bonchev–Trinajstić information content (AvgIpc) is 3.13. The third-order valence-corrected chi connectivity index (χ3v) is 4.90. The molecule has 6 heteroatoms. The normalized spacial score (nSPS) is 19.2. The second-order valence-electron chi connectivity index (χ2n) is 5.63. The molecule has 0 radical (unpaired) electrons. The second-order valence-corrected chi connectivity index (χ2v) is 6.59. The zero-order chi connectivity index (χ0) is 16.4. The summed E-state index contributed by atoms with van der Waals surface area (Å²) in [6, 6.07) is 12.8. The van der Waals surface area contributed by atoms with E-state index in [1.165, 1.54) is 12.1 Å². The van der Waals surface area contributed by atoms with Crippen molar-refractivity contribution in [2.75, 3.05) is 13.1 Å². The van der Waals surface area contributed by atoms with Crippen LogP contribution in [0.2, 0.25) is 0 Å². The SMILES string of the molecule is Fc1cc2c(c(CSC3=NCCN3)c1)O[C@H](c1ccccc1)OC2. The molecular formula is C18H17FN2O2S. The summed E-state index contributed by atoms with van der Waals surface area (Å²) in [5.41, 5.74) is 2.53. The van der Waals surface area contributed by atoms with Gasteiger partial charge in [0.15, 0.2) is 5.17 Å². The molecule has 4 nitrogen and oxygen atoms in total. The molecule has 24 heavy (non-hydrogen) atoms. The van der Waals surface area contributed by atoms with Gasteiger partial charge < -0.3 is 14.8 Å². The zero-order valence-corrected chi connectivity index (χ0v) is 13.8. The van der Waals surface area contributed by atoms with E-state index in [-0.39, 0.29) is 5.82 Å². The van der Waals surface area contributed by atoms with Gasteiger partial charge in [0.1, 0.15) is 11.6 Å². The minimum atomic E-state index is -0.463. The van der Waals surface area contributed by atoms with Crippen LogP contribution in [0.15, 0.2) is 47.5 Å². The van der Waals surface area contributed by atoms with Crippen LogP contribution in [0.5, 0.6) is 5.75 Å². The summed E-state index contributed by atoms with van der Waals surface area (Å²) >= 11 is 1.57. The molecule has 2 aromatic carbocycles. The van der Waals surface area contributed by atoms with E-state index in [4.69, 9.17) is 9.47 Å². The molecule has 0 saturated carbocycles. The first-order valence-corrected chi connectivity index (χ1v) is 8.84. The molecule has 0 fully saturated rings. The summed E-state index contributed by atoms with van der Waals surface area (Å²) in [5, 5.41) is 4.11. The number of aliphatic imine (C=N–C) groups is 1. The van der Waals surface area contributed by atoms with Gasteiger partial charge in [0.25, 0.3) is 0 Å². The molecule has 0 aliphatic carbocycles. The molecule has 2 aliphatic heterocycles. The fraction of sp³-hybridized carbons (Fsp3) is 0.278. The molecule has 0 aromatic heterocycles. The standard InChI is InChI=1S/C18H17FN2O2S/c19-15-8-13-10-22-17(12-4-2-1-3-5-12)23-16(13)14(9-15)11-24-18-20-6-7-21-18/h1-5,8-9,17H,6-7,10-11H2,(H,20,21)/t17-/m1/s1. The minimum absolute atomic E-state index is 0.268. The number of fused-ring (bicyclic) bond motifs is 1. The Morgan fingerprint density at radius 2 is 2.12 bits per heavy atom. The fourth-order valence-corrected chi connectivity index (χ4v) is 3.67. The van der Waals surface area contributed by atoms with E-state index in [1.807, 2.05) is 30.3 Å². The molecule has 1 atom stereocenters. The van der Waals surface area contributed by atoms with Gasteiger partial charge in [-0.25, -0.2) is 4.39 Å². The molecule has 4 rings (SSSR count). The molecule has 0 amide bonds. The number of nitrogens with zero attached hydrogens (tertiary/aromatic N) is 1. The highest BCUT2D eigenvalue weighted by molar-refractivity contribution is 8.13. The fourth-order valence-electron chi connectivity index (χ4n) is 2.78. The van der Waals surface area contributed by atoms with E-state index in [0.717, 1.165) is 40.7 Å². The van der Waals surface area contributed by atoms with Crippen LogP contribution in [0.3, 0.4) is 0 Å². The lowest BCUT2D eigenvalue weighted by atomic mass is 10.1. The first kappa shape index (κ1) is 15.5. The van der Waals surface area contributed by atoms with Gasteiger partial charge in [0.05, 0.1) is 13.2 Å². The topological polar surface area (TPSA) is 42.9 Å². The number of hydrogen-bond donors (Lipinski definition) is 1. The number of nitrogens with one attached hydrogen (secondary N) is 1. The quantitative estimate of drug-likeness (QED) is 0.923. The van der Waals surface area contributed by atoms with Gasteiger partial charge in [-0.2, -0.15) is 0 Å². The van der Waals surface area contributed by atoms with E-state index in [9.17, 15) is 4.39 Å². The Balaban J connectivity index is 1.58. The number of hydrogen-bond acceptors (Lipinski definition) is 5. The van der Waals surface area contributed by atoms with Crippen molar-refractivity contribution in [1.82, 2.24) is 5.32 Å². The van der Waals surface area contributed by atoms with Crippen molar-refractivity contribution in [3.05, 3.63) is 65.0 Å². The van der Waals surface area contributed by atoms with Crippen LogP contribution in [0.4, 0.5) is 4.39 Å². The lowest BCUT2D eigenvalue weighted by Crippen LogP contribution is -2.19. The van der Waals surface area contributed by atoms with Gasteiger partial charge in [-0.05, 0) is 12.1 Å². The number of rotatable bonds is 3. The number of halogens is 1. The van der Waals surface area contributed by atoms with E-state index < -0.39 is 6.29 Å². The summed E-state index contributed by atoms with van der Waals surface area (Å²) in [6.45, 7) is 2.00. The molecule has 2 aliphatic rings. The van der Waals surface area contributed by atoms with Crippen LogP contribution < -0.4 is 10.1 Å². The molecule has 1 N–H and O–H groups in total. The van der Waals surface area contributed by atoms with Gasteiger partial charge >= 0.3 is 0 Å². The lowest BCUT2D eigenvalue weighted by Gasteiger charge is -2.28. The Morgan fingerprint density at radius 1 is 1.25 bits per heavy atom. The van der Waals surface area contributed by atoms with Crippen molar-refractivity contribution >= 4 is 16.9 Å². The zero-order valence-electron chi connectivity index (χ0n) is 13.0. The maximum atomic E-state index is 13.9. The number of thioether (sulfide) groups is 1. The number of ether oxygens (including phenoxy) is 2. The van der Waals surface area contributed by atoms with Crippen LogP contribution in [0.1, 0.15) is 23.0 Å². The minimum Gasteiger partial charge on any atom is -0.460 e. The summed E-state index contributed by atoms with van der Waals surface area (Å²) in [6.07, 6.45) is -0.463. The lowest BCUT2D eigenvalue weighted by molar-refractivity contribution is -0.112. The third kappa shape index (κ3) is 3.25. The maximum Gasteiger partial charge on any atom is 0.227 e. The van der Waals surface area contributed by atoms with Gasteiger partial charge in [0.2, 0.25) is 6.29 Å². The van der Waals surface area contributed by atoms with Crippen molar-refractivity contribution in [3.63, 3.8) is 0 Å². The van der Waals surface area contributed by atoms with Crippen molar-refractivity contribution < 1.29 is 13.9 Å². The predicted octanol–water partition coefficient (Wildman–Crippen LogP) is 3.63. The molecule has 0 spiro atoms. The van der Waals surface area contributed by atoms with E-state index in [2.05, 4.69) is 10.3 Å². The Labute approximate surface area is 144 Å². The largest absolute Gasteiger partial charge is 0.460 e. The number of benzene rings is 2. The number of amidine groups is 1. The van der Waals surface area contributed by atoms with Crippen molar-refractivity contribution in [1.29, 1.82) is 0 Å². The highest BCUT2D eigenvalue weighted by Gasteiger charge is 2.25. The summed E-state index contributed by atoms with van der Waals surface area (Å²) in [4.78, 5) is 4.36. The van der Waals surface area contributed by atoms with Crippen LogP contribution in [-0.2, 0) is 17.1 Å². The molecule has 0 bridgehead atoms. The van der Waals surface area contributed by atoms with Crippen LogP contribution in [-0.4, -0.2) is 18.3 Å². The maximum absolute atomic E-state index is 13.9. The van der Waals surface area contributed by atoms with Gasteiger partial charge in [-0.1, -0.05) is 42.1 Å². The predicted molar refractivity (Wildman–Crippen MR) is 92.6 cm³/mol. The van der Waals surface area contributed by atoms with Crippen LogP contribution in [0.25, 0.3) is 0 Å². The van der Waals surface area contributed by atoms with Crippen LogP contribution >= 0.6 is 11.8 Å². The van der Waals surface area contributed by atoms with Crippen molar-refractivity contribution in [2.45, 2.75) is 18.6 Å². The average molecular weight is 344 g/mol. The van der Waals surface area contributed by atoms with Crippen molar-refractivity contribution in [2.24, 2.45) is 4.99 Å². The Bertz CT molecular complexity index is 767. The van der Waals surface area contributed by atoms with Gasteiger partial charge in [0, 0.05) is 29.0 Å². The van der Waals surface area contributed by atoms with E-state index in [1.54, 1.807) is 11.8 Å². The Hall–Kier alpha value is -2.05. The van der Waals surface area contributed by atoms with E-state index >= 15 is 0 Å². The second kappa shape index (κ2) is 6.83. The van der Waals surface area contributed by atoms with Gasteiger partial charge in [-0.3, -0.25) is 4.99 Å². The summed E-state index contributed by atoms with van der Waals surface area (Å²) < 4.78 is 25.7. The van der Waals surface area contributed by atoms with E-state index in [0.29, 0.717) is 12.4 Å².